The summed E-state index contributed by atoms with van der Waals surface area (Å²) in [5.74, 6) is 3.85. The van der Waals surface area contributed by atoms with Crippen LogP contribution in [0.15, 0.2) is 413 Å². The molecule has 23 rings (SSSR count). The Kier molecular flexibility index (Phi) is 17.6. The van der Waals surface area contributed by atoms with Crippen LogP contribution >= 0.6 is 11.3 Å². The van der Waals surface area contributed by atoms with E-state index in [9.17, 15) is 0 Å². The maximum Gasteiger partial charge on any atom is 0.164 e. The lowest BCUT2D eigenvalue weighted by molar-refractivity contribution is 0.660. The van der Waals surface area contributed by atoms with Gasteiger partial charge in [-0.25, -0.2) is 29.9 Å². The monoisotopic (exact) mass is 1550 g/mol. The quantitative estimate of drug-likeness (QED) is 0.114. The van der Waals surface area contributed by atoms with Gasteiger partial charge in [-0.15, -0.1) is 11.3 Å². The van der Waals surface area contributed by atoms with Crippen LogP contribution in [0.25, 0.3) is 210 Å². The highest BCUT2D eigenvalue weighted by atomic mass is 32.1. The molecule has 5 aromatic heterocycles. The molecule has 0 bridgehead atoms. The van der Waals surface area contributed by atoms with Gasteiger partial charge < -0.3 is 9.13 Å². The van der Waals surface area contributed by atoms with Gasteiger partial charge in [-0.1, -0.05) is 341 Å². The minimum atomic E-state index is -0.0750. The Hall–Kier alpha value is -15.4. The molecule has 0 saturated heterocycles. The van der Waals surface area contributed by atoms with E-state index in [2.05, 4.69) is 314 Å². The number of hydrogen-bond acceptors (Lipinski definition) is 7. The van der Waals surface area contributed by atoms with Crippen molar-refractivity contribution in [3.8, 4) is 146 Å². The first-order valence-electron chi connectivity index (χ1n) is 40.7. The zero-order valence-electron chi connectivity index (χ0n) is 65.7. The highest BCUT2D eigenvalue weighted by Crippen LogP contribution is 2.51. The first kappa shape index (κ1) is 71.1. The molecule has 5 heterocycles. The Balaban J connectivity index is 0.000000145. The van der Waals surface area contributed by atoms with E-state index in [0.717, 1.165) is 83.6 Å². The summed E-state index contributed by atoms with van der Waals surface area (Å²) in [5.41, 5.74) is 29.5. The van der Waals surface area contributed by atoms with Crippen molar-refractivity contribution in [3.05, 3.63) is 424 Å². The van der Waals surface area contributed by atoms with E-state index in [4.69, 9.17) is 29.9 Å². The molecule has 0 saturated carbocycles. The minimum absolute atomic E-state index is 0.0750. The van der Waals surface area contributed by atoms with Gasteiger partial charge in [-0.3, -0.25) is 0 Å². The normalized spacial score (nSPS) is 12.2. The third kappa shape index (κ3) is 12.7. The van der Waals surface area contributed by atoms with E-state index in [1.54, 1.807) is 0 Å². The average Bonchev–Trinajstić information content (AvgIpc) is 1.58. The van der Waals surface area contributed by atoms with E-state index >= 15 is 0 Å². The maximum absolute atomic E-state index is 5.08. The van der Waals surface area contributed by atoms with Crippen LogP contribution in [0.1, 0.15) is 25.0 Å². The second-order valence-corrected chi connectivity index (χ2v) is 32.3. The van der Waals surface area contributed by atoms with Gasteiger partial charge in [-0.05, 0) is 163 Å². The molecule has 9 heteroatoms. The largest absolute Gasteiger partial charge is 0.309 e. The van der Waals surface area contributed by atoms with E-state index < -0.39 is 0 Å². The van der Waals surface area contributed by atoms with Crippen molar-refractivity contribution in [2.24, 2.45) is 0 Å². The predicted octanol–water partition coefficient (Wildman–Crippen LogP) is 28.9. The van der Waals surface area contributed by atoms with E-state index in [0.29, 0.717) is 34.9 Å². The van der Waals surface area contributed by atoms with Crippen molar-refractivity contribution in [2.75, 3.05) is 0 Å². The van der Waals surface area contributed by atoms with Crippen LogP contribution in [0.3, 0.4) is 0 Å². The summed E-state index contributed by atoms with van der Waals surface area (Å²) in [5, 5.41) is 7.40. The molecule has 0 aliphatic heterocycles. The van der Waals surface area contributed by atoms with Crippen molar-refractivity contribution in [2.45, 2.75) is 19.3 Å². The number of hydrogen-bond donors (Lipinski definition) is 0. The number of thiophene rings is 1. The van der Waals surface area contributed by atoms with Crippen LogP contribution in [0.4, 0.5) is 0 Å². The molecule has 0 N–H and O–H groups in total. The Morgan fingerprint density at radius 3 is 1.05 bits per heavy atom. The van der Waals surface area contributed by atoms with Crippen LogP contribution in [0.5, 0.6) is 0 Å². The van der Waals surface area contributed by atoms with Crippen molar-refractivity contribution in [1.82, 2.24) is 39.0 Å². The molecule has 120 heavy (non-hydrogen) atoms. The van der Waals surface area contributed by atoms with Crippen LogP contribution < -0.4 is 0 Å². The van der Waals surface area contributed by atoms with Crippen molar-refractivity contribution in [1.29, 1.82) is 0 Å². The maximum atomic E-state index is 5.08. The third-order valence-corrected chi connectivity index (χ3v) is 24.8. The zero-order chi connectivity index (χ0) is 79.8. The van der Waals surface area contributed by atoms with Gasteiger partial charge in [0.2, 0.25) is 0 Å². The highest BCUT2D eigenvalue weighted by molar-refractivity contribution is 7.25. The summed E-state index contributed by atoms with van der Waals surface area (Å²) < 4.78 is 7.46. The van der Waals surface area contributed by atoms with Crippen molar-refractivity contribution in [3.63, 3.8) is 0 Å². The molecule has 0 unspecified atom stereocenters. The van der Waals surface area contributed by atoms with Crippen LogP contribution in [0, 0.1) is 0 Å². The standard InChI is InChI=1S/C60H42N4.C51H32N4S/c1-60(2)52-29-13-12-27-49(52)50-33-31-44(38-53(50)60)42-23-15-26-47(36-42)64-54-34-32-43(39-17-6-3-7-18-39)37-51(54)56-48(28-16-30-55(56)64)45-24-14-25-46(35-45)59-62-57(40-19-8-4-9-20-40)61-58(63-59)41-21-10-5-11-22-41;1-4-14-33(15-5-1)36-26-29-44-43(31-36)48-40(23-13-24-45(48)55(44)39-27-28-42-41-22-10-11-25-46(41)56-47(42)32-39)37-20-12-21-38(30-37)51-53-49(34-16-6-2-7-17-34)52-50(54-51)35-18-8-3-9-19-35/h3-38H,1-2H3;1-32H. The molecule has 0 atom stereocenters. The van der Waals surface area contributed by atoms with Gasteiger partial charge in [0.25, 0.3) is 0 Å². The Bertz CT molecular complexity index is 7610. The molecule has 0 amide bonds. The first-order chi connectivity index (χ1) is 59.2. The summed E-state index contributed by atoms with van der Waals surface area (Å²) in [6, 6.07) is 147. The fourth-order valence-corrected chi connectivity index (χ4v) is 19.0. The summed E-state index contributed by atoms with van der Waals surface area (Å²) in [7, 11) is 0. The fraction of sp³-hybridized carbons (Fsp3) is 0.0270. The molecule has 8 nitrogen and oxygen atoms in total. The fourth-order valence-electron chi connectivity index (χ4n) is 17.9. The van der Waals surface area contributed by atoms with Crippen LogP contribution in [0.2, 0.25) is 0 Å². The molecule has 22 aromatic rings. The smallest absolute Gasteiger partial charge is 0.164 e. The topological polar surface area (TPSA) is 87.2 Å². The second kappa shape index (κ2) is 29.7. The van der Waals surface area contributed by atoms with E-state index in [1.165, 1.54) is 103 Å². The van der Waals surface area contributed by atoms with E-state index in [-0.39, 0.29) is 5.41 Å². The van der Waals surface area contributed by atoms with Gasteiger partial charge in [0.05, 0.1) is 22.1 Å². The molecular weight excluding hydrogens is 1480 g/mol. The molecule has 17 aromatic carbocycles. The zero-order valence-corrected chi connectivity index (χ0v) is 66.6. The third-order valence-electron chi connectivity index (χ3n) is 23.7. The molecule has 0 radical (unpaired) electrons. The van der Waals surface area contributed by atoms with E-state index in [1.807, 2.05) is 133 Å². The minimum Gasteiger partial charge on any atom is -0.309 e. The van der Waals surface area contributed by atoms with Crippen molar-refractivity contribution >= 4 is 75.1 Å². The van der Waals surface area contributed by atoms with Gasteiger partial charge >= 0.3 is 0 Å². The van der Waals surface area contributed by atoms with Crippen LogP contribution in [-0.4, -0.2) is 39.0 Å². The Labute approximate surface area is 698 Å². The average molecular weight is 1550 g/mol. The lowest BCUT2D eigenvalue weighted by Crippen LogP contribution is -2.14. The van der Waals surface area contributed by atoms with Gasteiger partial charge in [0.1, 0.15) is 0 Å². The van der Waals surface area contributed by atoms with Crippen molar-refractivity contribution < 1.29 is 0 Å². The second-order valence-electron chi connectivity index (χ2n) is 31.3. The lowest BCUT2D eigenvalue weighted by Gasteiger charge is -2.22. The summed E-state index contributed by atoms with van der Waals surface area (Å²) in [6.07, 6.45) is 0. The number of benzene rings is 17. The predicted molar refractivity (Wildman–Crippen MR) is 499 cm³/mol. The SMILES string of the molecule is CC1(C)c2ccccc2-c2ccc(-c3cccc(-n4c5ccc(-c6ccccc6)cc5c5c(-c6cccc(-c7nc(-c8ccccc8)nc(-c8ccccc8)n7)c6)cccc54)c3)cc21.c1ccc(-c2ccc3c(c2)c2c(-c4cccc(-c5nc(-c6ccccc6)nc(-c6ccccc6)n5)c4)cccc2n3-c2ccc3c(c2)sc2ccccc23)cc1. The van der Waals surface area contributed by atoms with Gasteiger partial charge in [0, 0.05) is 91.9 Å². The molecule has 0 fully saturated rings. The molecule has 564 valence electrons. The Morgan fingerprint density at radius 2 is 0.550 bits per heavy atom. The molecule has 1 aliphatic carbocycles. The lowest BCUT2D eigenvalue weighted by atomic mass is 9.81. The number of fused-ring (bicyclic) bond motifs is 12. The van der Waals surface area contributed by atoms with Gasteiger partial charge in [-0.2, -0.15) is 0 Å². The van der Waals surface area contributed by atoms with Crippen LogP contribution in [-0.2, 0) is 5.41 Å². The van der Waals surface area contributed by atoms with Gasteiger partial charge in [0.15, 0.2) is 34.9 Å². The Morgan fingerprint density at radius 1 is 0.200 bits per heavy atom. The first-order valence-corrected chi connectivity index (χ1v) is 41.5. The highest BCUT2D eigenvalue weighted by Gasteiger charge is 2.35. The summed E-state index contributed by atoms with van der Waals surface area (Å²) in [6.45, 7) is 4.70. The number of aromatic nitrogens is 8. The molecule has 0 spiro atoms. The number of nitrogens with zero attached hydrogens (tertiary/aromatic N) is 8. The summed E-state index contributed by atoms with van der Waals surface area (Å²) >= 11 is 1.85. The number of rotatable bonds is 13. The molecule has 1 aliphatic rings. The molecular formula is C111H74N8S. The summed E-state index contributed by atoms with van der Waals surface area (Å²) in [4.78, 5) is 30.1.